The molecule has 1 aliphatic rings. The van der Waals surface area contributed by atoms with Crippen LogP contribution in [-0.2, 0) is 6.54 Å². The summed E-state index contributed by atoms with van der Waals surface area (Å²) in [7, 11) is 0. The third-order valence-corrected chi connectivity index (χ3v) is 4.85. The number of piperazine rings is 1. The minimum atomic E-state index is -0.193. The van der Waals surface area contributed by atoms with E-state index in [1.54, 1.807) is 6.33 Å². The molecule has 4 rings (SSSR count). The largest absolute Gasteiger partial charge is 0.353 e. The van der Waals surface area contributed by atoms with E-state index in [1.807, 2.05) is 12.1 Å². The van der Waals surface area contributed by atoms with E-state index in [2.05, 4.69) is 45.9 Å². The van der Waals surface area contributed by atoms with Gasteiger partial charge in [0.1, 0.15) is 22.6 Å². The highest BCUT2D eigenvalue weighted by Gasteiger charge is 2.22. The summed E-state index contributed by atoms with van der Waals surface area (Å²) in [5.41, 5.74) is 1.80. The summed E-state index contributed by atoms with van der Waals surface area (Å²) in [6.45, 7) is 4.45. The second-order valence-corrected chi connectivity index (χ2v) is 6.62. The van der Waals surface area contributed by atoms with Gasteiger partial charge in [-0.15, -0.1) is 0 Å². The summed E-state index contributed by atoms with van der Waals surface area (Å²) in [6, 6.07) is 6.72. The molecule has 6 nitrogen and oxygen atoms in total. The Kier molecular flexibility index (Phi) is 4.15. The van der Waals surface area contributed by atoms with Crippen molar-refractivity contribution in [1.82, 2.24) is 25.1 Å². The number of H-pyrrole nitrogens is 1. The third-order valence-electron chi connectivity index (χ3n) is 4.28. The summed E-state index contributed by atoms with van der Waals surface area (Å²) in [6.07, 6.45) is 1.55. The number of aromatic amines is 1. The molecule has 1 aromatic carbocycles. The van der Waals surface area contributed by atoms with E-state index in [1.165, 1.54) is 12.1 Å². The Morgan fingerprint density at radius 2 is 1.83 bits per heavy atom. The summed E-state index contributed by atoms with van der Waals surface area (Å²) in [5.74, 6) is 0.712. The molecule has 0 spiro atoms. The van der Waals surface area contributed by atoms with Crippen molar-refractivity contribution in [3.63, 3.8) is 0 Å². The van der Waals surface area contributed by atoms with Gasteiger partial charge in [-0.25, -0.2) is 14.4 Å². The van der Waals surface area contributed by atoms with Gasteiger partial charge in [-0.05, 0) is 33.6 Å². The number of rotatable bonds is 3. The highest BCUT2D eigenvalue weighted by molar-refractivity contribution is 9.10. The molecule has 0 bridgehead atoms. The molecule has 1 N–H and O–H groups in total. The molecule has 8 heteroatoms. The van der Waals surface area contributed by atoms with Crippen molar-refractivity contribution in [2.45, 2.75) is 6.54 Å². The average Bonchev–Trinajstić information content (AvgIpc) is 2.99. The average molecular weight is 391 g/mol. The Labute approximate surface area is 146 Å². The van der Waals surface area contributed by atoms with Gasteiger partial charge in [0.2, 0.25) is 0 Å². The Morgan fingerprint density at radius 1 is 1.08 bits per heavy atom. The van der Waals surface area contributed by atoms with Gasteiger partial charge in [-0.2, -0.15) is 5.10 Å². The number of benzene rings is 1. The fraction of sp³-hybridized carbons (Fsp3) is 0.312. The number of aromatic nitrogens is 4. The Morgan fingerprint density at radius 3 is 2.58 bits per heavy atom. The number of nitrogens with one attached hydrogen (secondary N) is 1. The maximum atomic E-state index is 13.0. The van der Waals surface area contributed by atoms with E-state index in [9.17, 15) is 4.39 Å². The lowest BCUT2D eigenvalue weighted by Gasteiger charge is -2.35. The van der Waals surface area contributed by atoms with E-state index in [0.29, 0.717) is 5.65 Å². The van der Waals surface area contributed by atoms with Gasteiger partial charge < -0.3 is 4.90 Å². The van der Waals surface area contributed by atoms with E-state index >= 15 is 0 Å². The Hall–Kier alpha value is -2.06. The van der Waals surface area contributed by atoms with Crippen LogP contribution in [0.2, 0.25) is 0 Å². The molecule has 2 aromatic heterocycles. The number of nitrogens with zero attached hydrogens (tertiary/aromatic N) is 5. The molecule has 24 heavy (non-hydrogen) atoms. The lowest BCUT2D eigenvalue weighted by molar-refractivity contribution is 0.249. The summed E-state index contributed by atoms with van der Waals surface area (Å²) < 4.78 is 13.8. The molecule has 3 aromatic rings. The van der Waals surface area contributed by atoms with Gasteiger partial charge in [-0.3, -0.25) is 10.00 Å². The van der Waals surface area contributed by atoms with Crippen molar-refractivity contribution < 1.29 is 4.39 Å². The van der Waals surface area contributed by atoms with E-state index in [0.717, 1.165) is 54.1 Å². The van der Waals surface area contributed by atoms with E-state index < -0.39 is 0 Å². The molecule has 0 unspecified atom stereocenters. The second-order valence-electron chi connectivity index (χ2n) is 5.82. The molecule has 0 aliphatic carbocycles. The van der Waals surface area contributed by atoms with Crippen molar-refractivity contribution in [1.29, 1.82) is 0 Å². The van der Waals surface area contributed by atoms with Crippen LogP contribution >= 0.6 is 15.9 Å². The van der Waals surface area contributed by atoms with Gasteiger partial charge in [0, 0.05) is 32.7 Å². The second kappa shape index (κ2) is 6.45. The number of anilines is 1. The monoisotopic (exact) mass is 390 g/mol. The zero-order valence-electron chi connectivity index (χ0n) is 12.9. The van der Waals surface area contributed by atoms with Crippen LogP contribution in [0.3, 0.4) is 0 Å². The van der Waals surface area contributed by atoms with Crippen LogP contribution in [0.4, 0.5) is 10.2 Å². The highest BCUT2D eigenvalue weighted by atomic mass is 79.9. The lowest BCUT2D eigenvalue weighted by Crippen LogP contribution is -2.46. The van der Waals surface area contributed by atoms with Crippen molar-refractivity contribution in [2.24, 2.45) is 0 Å². The maximum Gasteiger partial charge on any atom is 0.187 e. The van der Waals surface area contributed by atoms with Crippen LogP contribution in [0.25, 0.3) is 11.0 Å². The Balaban J connectivity index is 1.45. The van der Waals surface area contributed by atoms with Crippen molar-refractivity contribution in [3.8, 4) is 0 Å². The van der Waals surface area contributed by atoms with Crippen LogP contribution in [-0.4, -0.2) is 51.2 Å². The molecule has 1 aliphatic heterocycles. The van der Waals surface area contributed by atoms with E-state index in [4.69, 9.17) is 0 Å². The molecular formula is C16H16BrFN6. The fourth-order valence-corrected chi connectivity index (χ4v) is 3.46. The standard InChI is InChI=1S/C16H16BrFN6/c17-14-13-15(22-21-14)19-10-20-16(13)24-7-5-23(6-8-24)9-11-1-3-12(18)4-2-11/h1-4,10H,5-9H2,(H,19,20,21,22). The van der Waals surface area contributed by atoms with Gasteiger partial charge in [0.25, 0.3) is 0 Å². The Bertz CT molecular complexity index is 841. The first-order chi connectivity index (χ1) is 11.7. The molecule has 0 saturated carbocycles. The summed E-state index contributed by atoms with van der Waals surface area (Å²) in [4.78, 5) is 13.3. The predicted molar refractivity (Wildman–Crippen MR) is 93.3 cm³/mol. The van der Waals surface area contributed by atoms with Gasteiger partial charge >= 0.3 is 0 Å². The first-order valence-corrected chi connectivity index (χ1v) is 8.56. The third kappa shape index (κ3) is 2.99. The van der Waals surface area contributed by atoms with Gasteiger partial charge in [0.15, 0.2) is 5.65 Å². The number of hydrogen-bond donors (Lipinski definition) is 1. The number of fused-ring (bicyclic) bond motifs is 1. The quantitative estimate of drug-likeness (QED) is 0.744. The minimum absolute atomic E-state index is 0.193. The number of halogens is 2. The van der Waals surface area contributed by atoms with Crippen molar-refractivity contribution >= 4 is 32.8 Å². The zero-order valence-corrected chi connectivity index (χ0v) is 14.5. The van der Waals surface area contributed by atoms with E-state index in [-0.39, 0.29) is 5.82 Å². The summed E-state index contributed by atoms with van der Waals surface area (Å²) in [5, 5.41) is 7.98. The van der Waals surface area contributed by atoms with Gasteiger partial charge in [0.05, 0.1) is 5.39 Å². The normalized spacial score (nSPS) is 16.0. The van der Waals surface area contributed by atoms with Crippen LogP contribution in [0.15, 0.2) is 35.2 Å². The summed E-state index contributed by atoms with van der Waals surface area (Å²) >= 11 is 3.48. The van der Waals surface area contributed by atoms with Gasteiger partial charge in [-0.1, -0.05) is 12.1 Å². The maximum absolute atomic E-state index is 13.0. The predicted octanol–water partition coefficient (Wildman–Crippen LogP) is 2.58. The first-order valence-electron chi connectivity index (χ1n) is 7.77. The molecular weight excluding hydrogens is 375 g/mol. The van der Waals surface area contributed by atoms with Crippen LogP contribution in [0, 0.1) is 5.82 Å². The number of hydrogen-bond acceptors (Lipinski definition) is 5. The van der Waals surface area contributed by atoms with Crippen molar-refractivity contribution in [3.05, 3.63) is 46.6 Å². The van der Waals surface area contributed by atoms with Crippen molar-refractivity contribution in [2.75, 3.05) is 31.1 Å². The molecule has 1 saturated heterocycles. The SMILES string of the molecule is Fc1ccc(CN2CCN(c3ncnc4n[nH]c(Br)c34)CC2)cc1. The molecule has 3 heterocycles. The van der Waals surface area contributed by atoms with Crippen LogP contribution in [0.5, 0.6) is 0 Å². The molecule has 124 valence electrons. The molecule has 0 amide bonds. The first kappa shape index (κ1) is 15.5. The zero-order chi connectivity index (χ0) is 16.5. The lowest BCUT2D eigenvalue weighted by atomic mass is 10.2. The smallest absolute Gasteiger partial charge is 0.187 e. The highest BCUT2D eigenvalue weighted by Crippen LogP contribution is 2.28. The molecule has 1 fully saturated rings. The minimum Gasteiger partial charge on any atom is -0.353 e. The van der Waals surface area contributed by atoms with Crippen LogP contribution < -0.4 is 4.90 Å². The van der Waals surface area contributed by atoms with Crippen LogP contribution in [0.1, 0.15) is 5.56 Å². The fourth-order valence-electron chi connectivity index (χ4n) is 3.01. The molecule has 0 atom stereocenters. The molecule has 0 radical (unpaired) electrons. The topological polar surface area (TPSA) is 60.9 Å².